The first-order valence-electron chi connectivity index (χ1n) is 15.3. The molecule has 0 radical (unpaired) electrons. The number of benzene rings is 7. The second-order valence-electron chi connectivity index (χ2n) is 11.6. The van der Waals surface area contributed by atoms with Gasteiger partial charge in [0.1, 0.15) is 27.3 Å². The van der Waals surface area contributed by atoms with Crippen LogP contribution < -0.4 is 4.90 Å². The summed E-state index contributed by atoms with van der Waals surface area (Å²) in [4.78, 5) is 7.48. The molecule has 3 heterocycles. The molecule has 5 heteroatoms. The van der Waals surface area contributed by atoms with Crippen molar-refractivity contribution in [3.05, 3.63) is 146 Å². The molecule has 10 aromatic rings. The van der Waals surface area contributed by atoms with E-state index in [-0.39, 0.29) is 0 Å². The Balaban J connectivity index is 1.26. The van der Waals surface area contributed by atoms with Gasteiger partial charge in [-0.25, -0.2) is 4.98 Å². The van der Waals surface area contributed by atoms with Crippen molar-refractivity contribution in [1.29, 1.82) is 0 Å². The number of hydrogen-bond donors (Lipinski definition) is 0. The van der Waals surface area contributed by atoms with Gasteiger partial charge < -0.3 is 13.7 Å². The predicted molar refractivity (Wildman–Crippen MR) is 192 cm³/mol. The minimum atomic E-state index is 0.846. The van der Waals surface area contributed by atoms with Gasteiger partial charge in [0.05, 0.1) is 15.9 Å². The van der Waals surface area contributed by atoms with Gasteiger partial charge in [-0.05, 0) is 42.5 Å². The maximum absolute atomic E-state index is 6.38. The fourth-order valence-corrected chi connectivity index (χ4v) is 7.85. The lowest BCUT2D eigenvalue weighted by molar-refractivity contribution is 0.669. The van der Waals surface area contributed by atoms with E-state index in [1.807, 2.05) is 30.3 Å². The lowest BCUT2D eigenvalue weighted by Gasteiger charge is -2.27. The van der Waals surface area contributed by atoms with E-state index in [9.17, 15) is 0 Å². The minimum Gasteiger partial charge on any atom is -0.456 e. The molecule has 0 fully saturated rings. The summed E-state index contributed by atoms with van der Waals surface area (Å²) in [5.74, 6) is 0. The van der Waals surface area contributed by atoms with Gasteiger partial charge in [-0.1, -0.05) is 91.0 Å². The fraction of sp³-hybridized carbons (Fsp3) is 0. The predicted octanol–water partition coefficient (Wildman–Crippen LogP) is 12.4. The number of para-hydroxylation sites is 2. The van der Waals surface area contributed by atoms with Crippen LogP contribution in [0.4, 0.5) is 17.1 Å². The largest absolute Gasteiger partial charge is 0.456 e. The highest BCUT2D eigenvalue weighted by Crippen LogP contribution is 2.46. The minimum absolute atomic E-state index is 0.846. The number of hydrogen-bond acceptors (Lipinski definition) is 5. The zero-order valence-electron chi connectivity index (χ0n) is 24.5. The Morgan fingerprint density at radius 1 is 0.457 bits per heavy atom. The van der Waals surface area contributed by atoms with Crippen LogP contribution in [0, 0.1) is 0 Å². The van der Waals surface area contributed by atoms with Crippen LogP contribution in [0.2, 0.25) is 0 Å². The Morgan fingerprint density at radius 3 is 1.61 bits per heavy atom. The van der Waals surface area contributed by atoms with E-state index >= 15 is 0 Å². The number of furan rings is 2. The van der Waals surface area contributed by atoms with E-state index in [4.69, 9.17) is 13.8 Å². The van der Waals surface area contributed by atoms with E-state index in [1.165, 1.54) is 10.1 Å². The molecule has 3 aromatic heterocycles. The second-order valence-corrected chi connectivity index (χ2v) is 12.6. The van der Waals surface area contributed by atoms with Crippen molar-refractivity contribution in [2.24, 2.45) is 0 Å². The molecule has 0 N–H and O–H groups in total. The van der Waals surface area contributed by atoms with E-state index < -0.39 is 0 Å². The number of nitrogens with zero attached hydrogens (tertiary/aromatic N) is 2. The average Bonchev–Trinajstić information content (AvgIpc) is 3.82. The van der Waals surface area contributed by atoms with Crippen molar-refractivity contribution in [1.82, 2.24) is 4.98 Å². The third-order valence-electron chi connectivity index (χ3n) is 8.88. The molecule has 0 atom stereocenters. The average molecular weight is 609 g/mol. The molecule has 0 amide bonds. The Labute approximate surface area is 267 Å². The first-order valence-corrected chi connectivity index (χ1v) is 16.1. The van der Waals surface area contributed by atoms with E-state index in [0.29, 0.717) is 0 Å². The Hall–Kier alpha value is -5.91. The molecule has 0 aliphatic heterocycles. The van der Waals surface area contributed by atoms with Gasteiger partial charge >= 0.3 is 0 Å². The summed E-state index contributed by atoms with van der Waals surface area (Å²) in [6.07, 6.45) is 0. The first kappa shape index (κ1) is 25.4. The molecule has 0 saturated carbocycles. The topological polar surface area (TPSA) is 42.4 Å². The third-order valence-corrected chi connectivity index (χ3v) is 10.0. The molecule has 10 rings (SSSR count). The molecule has 0 spiro atoms. The summed E-state index contributed by atoms with van der Waals surface area (Å²) in [5, 5.41) is 7.75. The summed E-state index contributed by atoms with van der Waals surface area (Å²) in [5.41, 5.74) is 8.57. The standard InChI is InChI=1S/C41H24N2O2S/c1-2-10-25(11-3-1)41-42-34-24-35(28-12-4-5-15-33(28)40(34)46-41)43(26-18-20-31-29-13-6-8-16-36(29)44-38(31)22-26)27-19-21-32-30-14-7-9-17-37(30)45-39(32)23-27/h1-24H. The monoisotopic (exact) mass is 608 g/mol. The van der Waals surface area contributed by atoms with Crippen LogP contribution in [-0.4, -0.2) is 4.98 Å². The first-order chi connectivity index (χ1) is 22.8. The highest BCUT2D eigenvalue weighted by molar-refractivity contribution is 7.22. The SMILES string of the molecule is c1ccc(-c2nc3cc(N(c4ccc5c(c4)oc4ccccc45)c4ccc5c(c4)oc4ccccc45)c4ccccc4c3s2)cc1. The zero-order valence-corrected chi connectivity index (χ0v) is 25.3. The van der Waals surface area contributed by atoms with Gasteiger partial charge in [0.2, 0.25) is 0 Å². The summed E-state index contributed by atoms with van der Waals surface area (Å²) in [6, 6.07) is 50.7. The number of fused-ring (bicyclic) bond motifs is 9. The lowest BCUT2D eigenvalue weighted by atomic mass is 10.0. The highest BCUT2D eigenvalue weighted by Gasteiger charge is 2.22. The molecule has 4 nitrogen and oxygen atoms in total. The zero-order chi connectivity index (χ0) is 30.2. The van der Waals surface area contributed by atoms with Crippen molar-refractivity contribution >= 4 is 93.3 Å². The van der Waals surface area contributed by atoms with Gasteiger partial charge in [-0.2, -0.15) is 0 Å². The number of aromatic nitrogens is 1. The van der Waals surface area contributed by atoms with E-state index in [1.54, 1.807) is 11.3 Å². The summed E-state index contributed by atoms with van der Waals surface area (Å²) < 4.78 is 13.9. The number of anilines is 3. The Morgan fingerprint density at radius 2 is 0.978 bits per heavy atom. The van der Waals surface area contributed by atoms with Crippen LogP contribution in [0.15, 0.2) is 154 Å². The van der Waals surface area contributed by atoms with Crippen LogP contribution in [0.1, 0.15) is 0 Å². The van der Waals surface area contributed by atoms with Crippen LogP contribution in [0.25, 0.3) is 75.4 Å². The van der Waals surface area contributed by atoms with Gasteiger partial charge in [-0.15, -0.1) is 11.3 Å². The number of thiazole rings is 1. The smallest absolute Gasteiger partial charge is 0.137 e. The summed E-state index contributed by atoms with van der Waals surface area (Å²) in [6.45, 7) is 0. The molecule has 0 bridgehead atoms. The second kappa shape index (κ2) is 9.80. The fourth-order valence-electron chi connectivity index (χ4n) is 6.76. The molecular weight excluding hydrogens is 585 g/mol. The van der Waals surface area contributed by atoms with E-state index in [0.717, 1.165) is 82.4 Å². The van der Waals surface area contributed by atoms with Gasteiger partial charge in [0.25, 0.3) is 0 Å². The van der Waals surface area contributed by atoms with Crippen molar-refractivity contribution in [2.75, 3.05) is 4.90 Å². The normalized spacial score (nSPS) is 11.9. The van der Waals surface area contributed by atoms with Crippen molar-refractivity contribution in [2.45, 2.75) is 0 Å². The molecule has 0 aliphatic rings. The van der Waals surface area contributed by atoms with E-state index in [2.05, 4.69) is 120 Å². The summed E-state index contributed by atoms with van der Waals surface area (Å²) in [7, 11) is 0. The third kappa shape index (κ3) is 3.82. The van der Waals surface area contributed by atoms with Crippen molar-refractivity contribution in [3.63, 3.8) is 0 Å². The van der Waals surface area contributed by atoms with Gasteiger partial charge in [-0.3, -0.25) is 0 Å². The molecule has 7 aromatic carbocycles. The molecule has 46 heavy (non-hydrogen) atoms. The van der Waals surface area contributed by atoms with Crippen molar-refractivity contribution < 1.29 is 8.83 Å². The van der Waals surface area contributed by atoms with Crippen LogP contribution in [-0.2, 0) is 0 Å². The molecular formula is C41H24N2O2S. The molecule has 0 saturated heterocycles. The molecule has 0 aliphatic carbocycles. The van der Waals surface area contributed by atoms with Gasteiger partial charge in [0.15, 0.2) is 0 Å². The number of rotatable bonds is 4. The van der Waals surface area contributed by atoms with Crippen LogP contribution >= 0.6 is 11.3 Å². The molecule has 0 unspecified atom stereocenters. The Bertz CT molecular complexity index is 2660. The lowest BCUT2D eigenvalue weighted by Crippen LogP contribution is -2.10. The highest BCUT2D eigenvalue weighted by atomic mass is 32.1. The Kier molecular flexibility index (Phi) is 5.41. The maximum Gasteiger partial charge on any atom is 0.137 e. The van der Waals surface area contributed by atoms with Crippen LogP contribution in [0.5, 0.6) is 0 Å². The van der Waals surface area contributed by atoms with Crippen LogP contribution in [0.3, 0.4) is 0 Å². The quantitative estimate of drug-likeness (QED) is 0.199. The summed E-state index contributed by atoms with van der Waals surface area (Å²) >= 11 is 1.74. The maximum atomic E-state index is 6.38. The molecule has 216 valence electrons. The van der Waals surface area contributed by atoms with Gasteiger partial charge in [0, 0.05) is 61.4 Å². The van der Waals surface area contributed by atoms with Crippen molar-refractivity contribution in [3.8, 4) is 10.6 Å².